The lowest BCUT2D eigenvalue weighted by atomic mass is 10.0. The first kappa shape index (κ1) is 21.9. The van der Waals surface area contributed by atoms with E-state index in [-0.39, 0.29) is 11.9 Å². The number of nitrogens with one attached hydrogen (secondary N) is 1. The minimum atomic E-state index is -3.36. The van der Waals surface area contributed by atoms with Gasteiger partial charge < -0.3 is 5.32 Å². The average Bonchev–Trinajstić information content (AvgIpc) is 3.15. The highest BCUT2D eigenvalue weighted by molar-refractivity contribution is 7.89. The van der Waals surface area contributed by atoms with Gasteiger partial charge in [0.2, 0.25) is 15.9 Å². The first-order valence-electron chi connectivity index (χ1n) is 10.2. The van der Waals surface area contributed by atoms with Crippen molar-refractivity contribution in [2.75, 3.05) is 13.1 Å². The molecule has 152 valence electrons. The fourth-order valence-corrected chi connectivity index (χ4v) is 4.93. The maximum Gasteiger partial charge on any atom is 0.243 e. The number of nitrogens with zero attached hydrogens (tertiary/aromatic N) is 1. The van der Waals surface area contributed by atoms with E-state index in [1.165, 1.54) is 6.42 Å². The lowest BCUT2D eigenvalue weighted by molar-refractivity contribution is -0.121. The zero-order valence-corrected chi connectivity index (χ0v) is 17.7. The molecule has 1 unspecified atom stereocenters. The number of hydrogen-bond acceptors (Lipinski definition) is 3. The maximum atomic E-state index is 12.5. The second-order valence-electron chi connectivity index (χ2n) is 8.05. The summed E-state index contributed by atoms with van der Waals surface area (Å²) in [5.74, 6) is 0.756. The summed E-state index contributed by atoms with van der Waals surface area (Å²) in [7, 11) is -3.36. The molecule has 2 rings (SSSR count). The van der Waals surface area contributed by atoms with E-state index in [4.69, 9.17) is 0 Å². The molecule has 0 saturated carbocycles. The molecule has 1 aliphatic heterocycles. The van der Waals surface area contributed by atoms with Crippen LogP contribution < -0.4 is 5.32 Å². The molecule has 6 heteroatoms. The second kappa shape index (κ2) is 10.2. The summed E-state index contributed by atoms with van der Waals surface area (Å²) < 4.78 is 26.6. The van der Waals surface area contributed by atoms with Gasteiger partial charge >= 0.3 is 0 Å². The van der Waals surface area contributed by atoms with E-state index in [1.54, 1.807) is 16.4 Å². The van der Waals surface area contributed by atoms with Crippen molar-refractivity contribution in [3.63, 3.8) is 0 Å². The average molecular weight is 395 g/mol. The van der Waals surface area contributed by atoms with E-state index >= 15 is 0 Å². The van der Waals surface area contributed by atoms with Crippen molar-refractivity contribution in [3.05, 3.63) is 29.8 Å². The summed E-state index contributed by atoms with van der Waals surface area (Å²) in [5.41, 5.74) is 0.984. The fraction of sp³-hybridized carbons (Fsp3) is 0.667. The van der Waals surface area contributed by atoms with Gasteiger partial charge in [0.15, 0.2) is 0 Å². The van der Waals surface area contributed by atoms with Crippen molar-refractivity contribution < 1.29 is 13.2 Å². The van der Waals surface area contributed by atoms with Crippen molar-refractivity contribution in [1.29, 1.82) is 0 Å². The molecule has 1 atom stereocenters. The Balaban J connectivity index is 1.78. The summed E-state index contributed by atoms with van der Waals surface area (Å²) in [5, 5.41) is 3.06. The van der Waals surface area contributed by atoms with Crippen LogP contribution in [0.2, 0.25) is 0 Å². The summed E-state index contributed by atoms with van der Waals surface area (Å²) in [4.78, 5) is 12.5. The lowest BCUT2D eigenvalue weighted by Gasteiger charge is -2.16. The van der Waals surface area contributed by atoms with Crippen LogP contribution in [0.5, 0.6) is 0 Å². The minimum Gasteiger partial charge on any atom is -0.354 e. The van der Waals surface area contributed by atoms with Crippen LogP contribution in [0.25, 0.3) is 0 Å². The van der Waals surface area contributed by atoms with Gasteiger partial charge in [-0.2, -0.15) is 4.31 Å². The van der Waals surface area contributed by atoms with E-state index in [2.05, 4.69) is 26.1 Å². The maximum absolute atomic E-state index is 12.5. The van der Waals surface area contributed by atoms with E-state index < -0.39 is 10.0 Å². The highest BCUT2D eigenvalue weighted by Gasteiger charge is 2.26. The molecule has 1 aromatic carbocycles. The van der Waals surface area contributed by atoms with Crippen LogP contribution in [0.15, 0.2) is 29.2 Å². The third-order valence-electron chi connectivity index (χ3n) is 5.09. The molecule has 1 aliphatic rings. The Morgan fingerprint density at radius 3 is 2.30 bits per heavy atom. The van der Waals surface area contributed by atoms with Gasteiger partial charge in [0.05, 0.1) is 4.90 Å². The lowest BCUT2D eigenvalue weighted by Crippen LogP contribution is -2.32. The normalized spacial score (nSPS) is 16.6. The van der Waals surface area contributed by atoms with Gasteiger partial charge in [-0.25, -0.2) is 8.42 Å². The largest absolute Gasteiger partial charge is 0.354 e. The van der Waals surface area contributed by atoms with E-state index in [0.717, 1.165) is 31.2 Å². The molecule has 1 fully saturated rings. The Kier molecular flexibility index (Phi) is 8.29. The van der Waals surface area contributed by atoms with Gasteiger partial charge in [-0.1, -0.05) is 38.8 Å². The molecule has 0 radical (unpaired) electrons. The first-order valence-corrected chi connectivity index (χ1v) is 11.6. The molecule has 0 aromatic heterocycles. The first-order chi connectivity index (χ1) is 12.8. The number of hydrogen-bond donors (Lipinski definition) is 1. The van der Waals surface area contributed by atoms with Crippen molar-refractivity contribution >= 4 is 15.9 Å². The number of rotatable bonds is 10. The van der Waals surface area contributed by atoms with Crippen LogP contribution in [-0.2, 0) is 21.2 Å². The molecule has 1 saturated heterocycles. The summed E-state index contributed by atoms with van der Waals surface area (Å²) >= 11 is 0. The molecule has 0 bridgehead atoms. The van der Waals surface area contributed by atoms with Crippen LogP contribution >= 0.6 is 0 Å². The third kappa shape index (κ3) is 6.92. The number of carbonyl (C=O) groups excluding carboxylic acids is 1. The highest BCUT2D eigenvalue weighted by Crippen LogP contribution is 2.21. The monoisotopic (exact) mass is 394 g/mol. The summed E-state index contributed by atoms with van der Waals surface area (Å²) in [6.07, 6.45) is 6.23. The third-order valence-corrected chi connectivity index (χ3v) is 7.01. The topological polar surface area (TPSA) is 66.5 Å². The van der Waals surface area contributed by atoms with Gasteiger partial charge in [-0.3, -0.25) is 4.79 Å². The van der Waals surface area contributed by atoms with Crippen LogP contribution in [0.4, 0.5) is 0 Å². The molecule has 1 N–H and O–H groups in total. The number of benzene rings is 1. The zero-order valence-electron chi connectivity index (χ0n) is 16.9. The van der Waals surface area contributed by atoms with Gasteiger partial charge in [-0.15, -0.1) is 0 Å². The SMILES string of the molecule is CC(C)CCCC(C)NC(=O)CCc1ccc(S(=O)(=O)N2CCCC2)cc1. The Bertz CT molecular complexity index is 693. The molecule has 0 aliphatic carbocycles. The minimum absolute atomic E-state index is 0.0563. The number of carbonyl (C=O) groups is 1. The van der Waals surface area contributed by atoms with Crippen molar-refractivity contribution in [2.24, 2.45) is 5.92 Å². The van der Waals surface area contributed by atoms with Gasteiger partial charge in [0.1, 0.15) is 0 Å². The van der Waals surface area contributed by atoms with Gasteiger partial charge in [0.25, 0.3) is 0 Å². The molecular weight excluding hydrogens is 360 g/mol. The number of aryl methyl sites for hydroxylation is 1. The molecule has 1 aromatic rings. The van der Waals surface area contributed by atoms with Crippen LogP contribution in [0.3, 0.4) is 0 Å². The van der Waals surface area contributed by atoms with E-state index in [0.29, 0.717) is 36.7 Å². The van der Waals surface area contributed by atoms with Crippen molar-refractivity contribution in [3.8, 4) is 0 Å². The smallest absolute Gasteiger partial charge is 0.243 e. The van der Waals surface area contributed by atoms with Crippen molar-refractivity contribution in [1.82, 2.24) is 9.62 Å². The van der Waals surface area contributed by atoms with Crippen LogP contribution in [0.1, 0.15) is 64.9 Å². The Morgan fingerprint density at radius 1 is 1.07 bits per heavy atom. The Hall–Kier alpha value is -1.40. The Labute approximate surface area is 164 Å². The highest BCUT2D eigenvalue weighted by atomic mass is 32.2. The zero-order chi connectivity index (χ0) is 19.9. The summed E-state index contributed by atoms with van der Waals surface area (Å²) in [6.45, 7) is 7.70. The fourth-order valence-electron chi connectivity index (χ4n) is 3.41. The molecule has 1 amide bonds. The van der Waals surface area contributed by atoms with Gasteiger partial charge in [0, 0.05) is 25.6 Å². The van der Waals surface area contributed by atoms with Gasteiger partial charge in [-0.05, 0) is 56.2 Å². The summed E-state index contributed by atoms with van der Waals surface area (Å²) in [6, 6.07) is 7.17. The second-order valence-corrected chi connectivity index (χ2v) is 9.99. The number of amides is 1. The molecular formula is C21H34N2O3S. The number of sulfonamides is 1. The van der Waals surface area contributed by atoms with Crippen LogP contribution in [-0.4, -0.2) is 37.8 Å². The quantitative estimate of drug-likeness (QED) is 0.657. The molecule has 27 heavy (non-hydrogen) atoms. The predicted molar refractivity (Wildman–Crippen MR) is 109 cm³/mol. The Morgan fingerprint density at radius 2 is 1.70 bits per heavy atom. The predicted octanol–water partition coefficient (Wildman–Crippen LogP) is 3.73. The molecule has 0 spiro atoms. The molecule has 1 heterocycles. The standard InChI is InChI=1S/C21H34N2O3S/c1-17(2)7-6-8-18(3)22-21(24)14-11-19-9-12-20(13-10-19)27(25,26)23-15-4-5-16-23/h9-10,12-13,17-18H,4-8,11,14-16H2,1-3H3,(H,22,24). The van der Waals surface area contributed by atoms with E-state index in [1.807, 2.05) is 12.1 Å². The van der Waals surface area contributed by atoms with E-state index in [9.17, 15) is 13.2 Å². The van der Waals surface area contributed by atoms with Crippen molar-refractivity contribution in [2.45, 2.75) is 76.7 Å². The van der Waals surface area contributed by atoms with Crippen LogP contribution in [0, 0.1) is 5.92 Å². The molecule has 5 nitrogen and oxygen atoms in total.